The van der Waals surface area contributed by atoms with E-state index in [0.717, 1.165) is 0 Å². The summed E-state index contributed by atoms with van der Waals surface area (Å²) in [5, 5.41) is 5.98. The molecule has 222 valence electrons. The van der Waals surface area contributed by atoms with Crippen molar-refractivity contribution >= 4 is 30.1 Å². The third kappa shape index (κ3) is 5.47. The molecular weight excluding hydrogens is 505 g/mol. The van der Waals surface area contributed by atoms with Gasteiger partial charge in [0.15, 0.2) is 0 Å². The molecule has 0 heterocycles. The summed E-state index contributed by atoms with van der Waals surface area (Å²) in [7, 11) is -3.13. The number of hydrogen-bond donors (Lipinski definition) is 0. The molecule has 3 heteroatoms. The van der Waals surface area contributed by atoms with Crippen LogP contribution in [0.1, 0.15) is 130 Å². The Kier molecular flexibility index (Phi) is 12.3. The quantitative estimate of drug-likeness (QED) is 0.234. The first-order valence-corrected chi connectivity index (χ1v) is 20.7. The van der Waals surface area contributed by atoms with E-state index in [9.17, 15) is 0 Å². The van der Waals surface area contributed by atoms with Gasteiger partial charge in [0.1, 0.15) is 0 Å². The molecule has 1 aromatic rings. The molecule has 0 saturated carbocycles. The van der Waals surface area contributed by atoms with Crippen molar-refractivity contribution in [3.8, 4) is 0 Å². The van der Waals surface area contributed by atoms with Crippen LogP contribution in [0.25, 0.3) is 0 Å². The van der Waals surface area contributed by atoms with E-state index in [2.05, 4.69) is 144 Å². The second-order valence-corrected chi connectivity index (χ2v) is 28.2. The molecule has 0 fully saturated rings. The first-order valence-electron chi connectivity index (χ1n) is 15.3. The van der Waals surface area contributed by atoms with Gasteiger partial charge in [0.2, 0.25) is 0 Å². The Bertz CT molecular complexity index is 753. The molecule has 0 atom stereocenters. The minimum absolute atomic E-state index is 0.664. The number of rotatable bonds is 12. The molecule has 0 amide bonds. The van der Waals surface area contributed by atoms with Crippen LogP contribution in [0, 0.1) is 6.92 Å². The maximum absolute atomic E-state index is 2.81. The fraction of sp³-hybridized carbons (Fsp3) is 0.824. The summed E-state index contributed by atoms with van der Waals surface area (Å²) < 4.78 is 0. The summed E-state index contributed by atoms with van der Waals surface area (Å²) in [5.41, 5.74) is 1.66. The van der Waals surface area contributed by atoms with E-state index in [0.29, 0.717) is 47.2 Å². The molecule has 0 nitrogen and oxygen atoms in total. The Hall–Kier alpha value is 0.270. The molecule has 0 bridgehead atoms. The van der Waals surface area contributed by atoms with Gasteiger partial charge in [-0.05, 0) is 86.6 Å². The first kappa shape index (κ1) is 35.3. The maximum Gasteiger partial charge on any atom is -0.00416 e. The molecule has 0 N–H and O–H groups in total. The van der Waals surface area contributed by atoms with Crippen molar-refractivity contribution in [1.29, 1.82) is 0 Å². The Labute approximate surface area is 240 Å². The van der Waals surface area contributed by atoms with Gasteiger partial charge in [0.05, 0.1) is 0 Å². The van der Waals surface area contributed by atoms with Crippen LogP contribution in [0.5, 0.6) is 0 Å². The summed E-state index contributed by atoms with van der Waals surface area (Å²) in [6.07, 6.45) is 0. The molecule has 0 unspecified atom stereocenters. The van der Waals surface area contributed by atoms with Crippen LogP contribution < -0.4 is 0 Å². The Morgan fingerprint density at radius 1 is 0.351 bits per heavy atom. The lowest BCUT2D eigenvalue weighted by Crippen LogP contribution is -2.34. The Morgan fingerprint density at radius 2 is 0.541 bits per heavy atom. The van der Waals surface area contributed by atoms with Crippen LogP contribution in [0.4, 0.5) is 0 Å². The highest BCUT2D eigenvalue weighted by Crippen LogP contribution is 2.75. The van der Waals surface area contributed by atoms with Gasteiger partial charge in [-0.2, -0.15) is 0 Å². The smallest absolute Gasteiger partial charge is 0.00416 e. The van der Waals surface area contributed by atoms with Crippen molar-refractivity contribution in [1.82, 2.24) is 0 Å². The lowest BCUT2D eigenvalue weighted by Gasteiger charge is -2.58. The van der Waals surface area contributed by atoms with Crippen molar-refractivity contribution in [2.24, 2.45) is 0 Å². The van der Waals surface area contributed by atoms with Crippen LogP contribution >= 0.6 is 30.1 Å². The molecule has 0 aromatic heterocycles. The van der Waals surface area contributed by atoms with Gasteiger partial charge in [0.25, 0.3) is 0 Å². The van der Waals surface area contributed by atoms with E-state index in [1.54, 1.807) is 20.2 Å². The normalized spacial score (nSPS) is 15.7. The van der Waals surface area contributed by atoms with E-state index < -0.39 is 30.1 Å². The predicted molar refractivity (Wildman–Crippen MR) is 185 cm³/mol. The maximum atomic E-state index is 2.81. The summed E-state index contributed by atoms with van der Waals surface area (Å²) in [6.45, 7) is 48.0. The highest BCUT2D eigenvalue weighted by atomic mass is 32.3. The zero-order valence-electron chi connectivity index (χ0n) is 28.6. The lowest BCUT2D eigenvalue weighted by atomic mass is 10.2. The minimum Gasteiger partial charge on any atom is -0.207 e. The van der Waals surface area contributed by atoms with Gasteiger partial charge < -0.3 is 0 Å². The van der Waals surface area contributed by atoms with E-state index in [1.165, 1.54) is 0 Å². The van der Waals surface area contributed by atoms with E-state index >= 15 is 0 Å². The average molecular weight is 573 g/mol. The van der Waals surface area contributed by atoms with Crippen molar-refractivity contribution in [3.05, 3.63) is 17.7 Å². The van der Waals surface area contributed by atoms with Gasteiger partial charge in [0, 0.05) is 0 Å². The number of benzene rings is 1. The third-order valence-corrected chi connectivity index (χ3v) is 26.9. The van der Waals surface area contributed by atoms with Gasteiger partial charge in [-0.25, -0.2) is 30.1 Å². The molecule has 0 radical (unpaired) electrons. The topological polar surface area (TPSA) is 0 Å². The second-order valence-electron chi connectivity index (χ2n) is 13.8. The molecule has 1 aromatic carbocycles. The van der Waals surface area contributed by atoms with Crippen LogP contribution in [0.3, 0.4) is 0 Å². The molecule has 1 rings (SSSR count). The monoisotopic (exact) mass is 572 g/mol. The molecule has 0 saturated heterocycles. The summed E-state index contributed by atoms with van der Waals surface area (Å²) >= 11 is 0. The van der Waals surface area contributed by atoms with Crippen LogP contribution in [0.15, 0.2) is 26.8 Å². The summed E-state index contributed by atoms with van der Waals surface area (Å²) in [4.78, 5) is 5.25. The average Bonchev–Trinajstić information content (AvgIpc) is 2.69. The Balaban J connectivity index is 4.68. The fourth-order valence-electron chi connectivity index (χ4n) is 8.82. The van der Waals surface area contributed by atoms with Crippen LogP contribution in [0.2, 0.25) is 0 Å². The van der Waals surface area contributed by atoms with Crippen molar-refractivity contribution in [2.45, 2.75) is 193 Å². The van der Waals surface area contributed by atoms with E-state index in [4.69, 9.17) is 0 Å². The summed E-state index contributed by atoms with van der Waals surface area (Å²) in [5.74, 6) is 0. The largest absolute Gasteiger partial charge is 0.207 e. The predicted octanol–water partition coefficient (Wildman–Crippen LogP) is 12.2. The van der Waals surface area contributed by atoms with Gasteiger partial charge >= 0.3 is 0 Å². The third-order valence-electron chi connectivity index (χ3n) is 9.48. The lowest BCUT2D eigenvalue weighted by molar-refractivity contribution is 0.895. The summed E-state index contributed by atoms with van der Waals surface area (Å²) in [6, 6.07) is 5.63. The molecule has 0 aliphatic rings. The SMILES string of the molecule is Cc1c(S(C(C)C)(C(C)C)C(C)C)cc(S(C(C)C)(C(C)C)C(C)C)cc1S(C(C)C)(C(C)C)C(C)C. The van der Waals surface area contributed by atoms with Crippen LogP contribution in [-0.4, -0.2) is 47.2 Å². The zero-order chi connectivity index (χ0) is 29.4. The van der Waals surface area contributed by atoms with Gasteiger partial charge in [-0.15, -0.1) is 0 Å². The molecule has 0 aliphatic heterocycles. The highest BCUT2D eigenvalue weighted by molar-refractivity contribution is 8.36. The van der Waals surface area contributed by atoms with E-state index in [-0.39, 0.29) is 0 Å². The standard InChI is InChI=1S/C34H68S3/c1-22(2)35(23(3)4,24(5)6)32-20-33(36(25(7)8,26(9)10)27(11)12)31(19)34(21-32)37(28(13)14,29(15)16)30(17)18/h20-30H,1-19H3. The van der Waals surface area contributed by atoms with Gasteiger partial charge in [-0.1, -0.05) is 125 Å². The Morgan fingerprint density at radius 3 is 0.703 bits per heavy atom. The molecular formula is C34H68S3. The van der Waals surface area contributed by atoms with Gasteiger partial charge in [-0.3, -0.25) is 0 Å². The first-order chi connectivity index (χ1) is 16.7. The highest BCUT2D eigenvalue weighted by Gasteiger charge is 2.45. The van der Waals surface area contributed by atoms with Crippen molar-refractivity contribution < 1.29 is 0 Å². The van der Waals surface area contributed by atoms with E-state index in [1.807, 2.05) is 0 Å². The molecule has 37 heavy (non-hydrogen) atoms. The minimum atomic E-state index is -1.05. The second kappa shape index (κ2) is 12.8. The van der Waals surface area contributed by atoms with Crippen LogP contribution in [-0.2, 0) is 0 Å². The van der Waals surface area contributed by atoms with Crippen molar-refractivity contribution in [3.63, 3.8) is 0 Å². The van der Waals surface area contributed by atoms with Crippen molar-refractivity contribution in [2.75, 3.05) is 0 Å². The fourth-order valence-corrected chi connectivity index (χ4v) is 26.1. The molecule has 0 aliphatic carbocycles. The number of hydrogen-bond acceptors (Lipinski definition) is 0. The zero-order valence-corrected chi connectivity index (χ0v) is 31.0. The molecule has 0 spiro atoms.